The van der Waals surface area contributed by atoms with Gasteiger partial charge in [-0.15, -0.1) is 10.2 Å². The molecule has 0 aliphatic carbocycles. The van der Waals surface area contributed by atoms with Crippen molar-refractivity contribution in [2.45, 2.75) is 38.3 Å². The van der Waals surface area contributed by atoms with Crippen molar-refractivity contribution in [3.8, 4) is 0 Å². The molecule has 18 heavy (non-hydrogen) atoms. The summed E-state index contributed by atoms with van der Waals surface area (Å²) < 4.78 is 2.24. The Balaban J connectivity index is 1.79. The summed E-state index contributed by atoms with van der Waals surface area (Å²) in [6.07, 6.45) is 4.26. The van der Waals surface area contributed by atoms with Crippen molar-refractivity contribution < 1.29 is 0 Å². The summed E-state index contributed by atoms with van der Waals surface area (Å²) in [6.45, 7) is 1.04. The van der Waals surface area contributed by atoms with Gasteiger partial charge in [0.25, 0.3) is 0 Å². The molecule has 1 aromatic heterocycles. The lowest BCUT2D eigenvalue weighted by atomic mass is 10.0. The van der Waals surface area contributed by atoms with Gasteiger partial charge in [-0.3, -0.25) is 0 Å². The molecule has 1 aliphatic rings. The third kappa shape index (κ3) is 2.16. The number of hydrogen-bond donors (Lipinski definition) is 1. The highest BCUT2D eigenvalue weighted by atomic mass is 15.3. The molecular formula is C14H18N4. The minimum atomic E-state index is 0.00132. The average Bonchev–Trinajstić information content (AvgIpc) is 2.83. The Kier molecular flexibility index (Phi) is 3.11. The number of hydrogen-bond acceptors (Lipinski definition) is 3. The quantitative estimate of drug-likeness (QED) is 0.893. The first-order valence-electron chi connectivity index (χ1n) is 6.56. The van der Waals surface area contributed by atoms with Crippen molar-refractivity contribution in [2.75, 3.05) is 0 Å². The van der Waals surface area contributed by atoms with Crippen molar-refractivity contribution in [1.29, 1.82) is 0 Å². The van der Waals surface area contributed by atoms with E-state index in [1.807, 2.05) is 18.2 Å². The van der Waals surface area contributed by atoms with Crippen LogP contribution in [0.4, 0.5) is 0 Å². The van der Waals surface area contributed by atoms with E-state index >= 15 is 0 Å². The molecule has 3 rings (SSSR count). The van der Waals surface area contributed by atoms with Crippen LogP contribution in [0.3, 0.4) is 0 Å². The summed E-state index contributed by atoms with van der Waals surface area (Å²) in [5, 5.41) is 8.56. The fourth-order valence-electron chi connectivity index (χ4n) is 2.53. The van der Waals surface area contributed by atoms with Crippen LogP contribution < -0.4 is 5.73 Å². The van der Waals surface area contributed by atoms with E-state index < -0.39 is 0 Å². The molecule has 2 heterocycles. The molecule has 2 aromatic rings. The highest BCUT2D eigenvalue weighted by Gasteiger charge is 2.18. The van der Waals surface area contributed by atoms with Crippen LogP contribution in [0.1, 0.15) is 36.1 Å². The number of nitrogens with two attached hydrogens (primary N) is 1. The first kappa shape index (κ1) is 11.4. The van der Waals surface area contributed by atoms with Crippen LogP contribution in [0.15, 0.2) is 30.3 Å². The molecule has 4 heteroatoms. The molecular weight excluding hydrogens is 224 g/mol. The molecule has 0 bridgehead atoms. The Morgan fingerprint density at radius 2 is 2.00 bits per heavy atom. The van der Waals surface area contributed by atoms with E-state index in [2.05, 4.69) is 26.9 Å². The lowest BCUT2D eigenvalue weighted by Crippen LogP contribution is -2.19. The van der Waals surface area contributed by atoms with Gasteiger partial charge in [-0.25, -0.2) is 0 Å². The maximum absolute atomic E-state index is 6.24. The van der Waals surface area contributed by atoms with E-state index in [4.69, 9.17) is 5.73 Å². The van der Waals surface area contributed by atoms with Gasteiger partial charge < -0.3 is 10.3 Å². The average molecular weight is 242 g/mol. The Morgan fingerprint density at radius 1 is 1.17 bits per heavy atom. The SMILES string of the molecule is NC(Cc1nnc2n1CCCC2)c1ccccc1. The summed E-state index contributed by atoms with van der Waals surface area (Å²) in [5.74, 6) is 2.15. The molecule has 2 N–H and O–H groups in total. The highest BCUT2D eigenvalue weighted by Crippen LogP contribution is 2.19. The molecule has 4 nitrogen and oxygen atoms in total. The van der Waals surface area contributed by atoms with Crippen molar-refractivity contribution >= 4 is 0 Å². The standard InChI is InChI=1S/C14H18N4/c15-12(11-6-2-1-3-7-11)10-14-17-16-13-8-4-5-9-18(13)14/h1-3,6-7,12H,4-5,8-10,15H2. The van der Waals surface area contributed by atoms with E-state index in [1.54, 1.807) is 0 Å². The summed E-state index contributed by atoms with van der Waals surface area (Å²) in [7, 11) is 0. The predicted molar refractivity (Wildman–Crippen MR) is 70.0 cm³/mol. The maximum Gasteiger partial charge on any atom is 0.134 e. The van der Waals surface area contributed by atoms with Gasteiger partial charge in [0, 0.05) is 25.4 Å². The highest BCUT2D eigenvalue weighted by molar-refractivity contribution is 5.19. The zero-order valence-corrected chi connectivity index (χ0v) is 10.4. The number of benzene rings is 1. The van der Waals surface area contributed by atoms with Crippen LogP contribution in [0, 0.1) is 0 Å². The maximum atomic E-state index is 6.24. The molecule has 1 aromatic carbocycles. The first-order chi connectivity index (χ1) is 8.84. The topological polar surface area (TPSA) is 56.7 Å². The van der Waals surface area contributed by atoms with Gasteiger partial charge >= 0.3 is 0 Å². The van der Waals surface area contributed by atoms with Crippen LogP contribution >= 0.6 is 0 Å². The van der Waals surface area contributed by atoms with Crippen molar-refractivity contribution in [3.63, 3.8) is 0 Å². The molecule has 1 aliphatic heterocycles. The Bertz CT molecular complexity index is 518. The second-order valence-corrected chi connectivity index (χ2v) is 4.86. The molecule has 0 saturated heterocycles. The summed E-state index contributed by atoms with van der Waals surface area (Å²) in [5.41, 5.74) is 7.40. The fraction of sp³-hybridized carbons (Fsp3) is 0.429. The van der Waals surface area contributed by atoms with Gasteiger partial charge in [-0.2, -0.15) is 0 Å². The molecule has 0 saturated carbocycles. The van der Waals surface area contributed by atoms with Crippen molar-refractivity contribution in [1.82, 2.24) is 14.8 Å². The summed E-state index contributed by atoms with van der Waals surface area (Å²) in [6, 6.07) is 10.2. The van der Waals surface area contributed by atoms with Crippen LogP contribution in [-0.2, 0) is 19.4 Å². The van der Waals surface area contributed by atoms with Gasteiger partial charge in [0.05, 0.1) is 0 Å². The number of fused-ring (bicyclic) bond motifs is 1. The predicted octanol–water partition coefficient (Wildman–Crippen LogP) is 1.86. The third-order valence-corrected chi connectivity index (χ3v) is 3.57. The first-order valence-corrected chi connectivity index (χ1v) is 6.56. The molecule has 0 radical (unpaired) electrons. The van der Waals surface area contributed by atoms with Crippen molar-refractivity contribution in [2.24, 2.45) is 5.73 Å². The fourth-order valence-corrected chi connectivity index (χ4v) is 2.53. The number of rotatable bonds is 3. The van der Waals surface area contributed by atoms with Crippen molar-refractivity contribution in [3.05, 3.63) is 47.5 Å². The van der Waals surface area contributed by atoms with Gasteiger partial charge in [0.15, 0.2) is 0 Å². The Labute approximate surface area is 107 Å². The minimum Gasteiger partial charge on any atom is -0.324 e. The third-order valence-electron chi connectivity index (χ3n) is 3.57. The molecule has 0 amide bonds. The Hall–Kier alpha value is -1.68. The van der Waals surface area contributed by atoms with Crippen LogP contribution in [-0.4, -0.2) is 14.8 Å². The lowest BCUT2D eigenvalue weighted by molar-refractivity contribution is 0.499. The lowest BCUT2D eigenvalue weighted by Gasteiger charge is -2.16. The number of nitrogens with zero attached hydrogens (tertiary/aromatic N) is 3. The largest absolute Gasteiger partial charge is 0.324 e. The normalized spacial score (nSPS) is 16.3. The summed E-state index contributed by atoms with van der Waals surface area (Å²) >= 11 is 0. The Morgan fingerprint density at radius 3 is 2.83 bits per heavy atom. The van der Waals surface area contributed by atoms with E-state index in [0.717, 1.165) is 36.6 Å². The van der Waals surface area contributed by atoms with E-state index in [0.29, 0.717) is 0 Å². The molecule has 0 spiro atoms. The molecule has 0 fully saturated rings. The monoisotopic (exact) mass is 242 g/mol. The minimum absolute atomic E-state index is 0.00132. The second-order valence-electron chi connectivity index (χ2n) is 4.86. The second kappa shape index (κ2) is 4.90. The zero-order chi connectivity index (χ0) is 12.4. The molecule has 94 valence electrons. The van der Waals surface area contributed by atoms with E-state index in [9.17, 15) is 0 Å². The molecule has 1 unspecified atom stereocenters. The van der Waals surface area contributed by atoms with E-state index in [-0.39, 0.29) is 6.04 Å². The number of aryl methyl sites for hydroxylation is 1. The van der Waals surface area contributed by atoms with Crippen LogP contribution in [0.5, 0.6) is 0 Å². The van der Waals surface area contributed by atoms with Gasteiger partial charge in [-0.05, 0) is 18.4 Å². The number of aromatic nitrogens is 3. The molecule has 1 atom stereocenters. The van der Waals surface area contributed by atoms with Gasteiger partial charge in [0.1, 0.15) is 11.6 Å². The zero-order valence-electron chi connectivity index (χ0n) is 10.4. The summed E-state index contributed by atoms with van der Waals surface area (Å²) in [4.78, 5) is 0. The smallest absolute Gasteiger partial charge is 0.134 e. The van der Waals surface area contributed by atoms with Gasteiger partial charge in [0.2, 0.25) is 0 Å². The van der Waals surface area contributed by atoms with E-state index in [1.165, 1.54) is 12.8 Å². The van der Waals surface area contributed by atoms with Gasteiger partial charge in [-0.1, -0.05) is 30.3 Å². The van der Waals surface area contributed by atoms with Crippen LogP contribution in [0.2, 0.25) is 0 Å². The van der Waals surface area contributed by atoms with Crippen LogP contribution in [0.25, 0.3) is 0 Å².